The van der Waals surface area contributed by atoms with Crippen LogP contribution in [0.3, 0.4) is 0 Å². The molecule has 0 aliphatic carbocycles. The molecule has 1 saturated heterocycles. The number of pyridine rings is 1. The maximum absolute atomic E-state index is 5.74. The molecule has 4 nitrogen and oxygen atoms in total. The summed E-state index contributed by atoms with van der Waals surface area (Å²) in [7, 11) is 0. The van der Waals surface area contributed by atoms with Crippen LogP contribution in [0.5, 0.6) is 0 Å². The SMILES string of the molecule is CCN1CCN(Cc2cccnc2CN)CC1C. The lowest BCUT2D eigenvalue weighted by molar-refractivity contribution is 0.0832. The second-order valence-corrected chi connectivity index (χ2v) is 5.03. The summed E-state index contributed by atoms with van der Waals surface area (Å²) < 4.78 is 0. The Labute approximate surface area is 110 Å². The molecule has 1 aliphatic heterocycles. The van der Waals surface area contributed by atoms with Crippen molar-refractivity contribution in [3.63, 3.8) is 0 Å². The topological polar surface area (TPSA) is 45.4 Å². The Bertz CT molecular complexity index is 380. The highest BCUT2D eigenvalue weighted by Crippen LogP contribution is 2.14. The average molecular weight is 248 g/mol. The van der Waals surface area contributed by atoms with Gasteiger partial charge in [-0.3, -0.25) is 14.8 Å². The van der Waals surface area contributed by atoms with E-state index in [1.54, 1.807) is 0 Å². The summed E-state index contributed by atoms with van der Waals surface area (Å²) in [6.07, 6.45) is 1.82. The van der Waals surface area contributed by atoms with E-state index in [-0.39, 0.29) is 0 Å². The van der Waals surface area contributed by atoms with Crippen LogP contribution in [0.25, 0.3) is 0 Å². The minimum Gasteiger partial charge on any atom is -0.325 e. The lowest BCUT2D eigenvalue weighted by atomic mass is 10.1. The van der Waals surface area contributed by atoms with Gasteiger partial charge >= 0.3 is 0 Å². The fourth-order valence-corrected chi connectivity index (χ4v) is 2.72. The van der Waals surface area contributed by atoms with E-state index < -0.39 is 0 Å². The Balaban J connectivity index is 1.98. The van der Waals surface area contributed by atoms with Crippen molar-refractivity contribution in [2.24, 2.45) is 5.73 Å². The zero-order chi connectivity index (χ0) is 13.0. The highest BCUT2D eigenvalue weighted by Gasteiger charge is 2.22. The van der Waals surface area contributed by atoms with E-state index in [1.165, 1.54) is 5.56 Å². The van der Waals surface area contributed by atoms with Crippen LogP contribution in [0.1, 0.15) is 25.1 Å². The quantitative estimate of drug-likeness (QED) is 0.865. The number of nitrogens with two attached hydrogens (primary N) is 1. The van der Waals surface area contributed by atoms with Crippen LogP contribution in [0, 0.1) is 0 Å². The molecule has 1 unspecified atom stereocenters. The Morgan fingerprint density at radius 2 is 2.28 bits per heavy atom. The second kappa shape index (κ2) is 6.27. The number of hydrogen-bond donors (Lipinski definition) is 1. The van der Waals surface area contributed by atoms with Gasteiger partial charge in [-0.15, -0.1) is 0 Å². The van der Waals surface area contributed by atoms with Gasteiger partial charge in [0.25, 0.3) is 0 Å². The third-order valence-electron chi connectivity index (χ3n) is 3.83. The Hall–Kier alpha value is -0.970. The summed E-state index contributed by atoms with van der Waals surface area (Å²) in [6, 6.07) is 4.79. The van der Waals surface area contributed by atoms with Crippen molar-refractivity contribution in [1.82, 2.24) is 14.8 Å². The molecule has 0 amide bonds. The van der Waals surface area contributed by atoms with E-state index in [1.807, 2.05) is 12.3 Å². The van der Waals surface area contributed by atoms with Gasteiger partial charge in [0.1, 0.15) is 0 Å². The van der Waals surface area contributed by atoms with Crippen LogP contribution in [0.15, 0.2) is 18.3 Å². The summed E-state index contributed by atoms with van der Waals surface area (Å²) in [6.45, 7) is 10.6. The van der Waals surface area contributed by atoms with Crippen LogP contribution in [0.2, 0.25) is 0 Å². The van der Waals surface area contributed by atoms with E-state index >= 15 is 0 Å². The summed E-state index contributed by atoms with van der Waals surface area (Å²) >= 11 is 0. The number of piperazine rings is 1. The van der Waals surface area contributed by atoms with Crippen molar-refractivity contribution in [1.29, 1.82) is 0 Å². The van der Waals surface area contributed by atoms with E-state index in [0.29, 0.717) is 12.6 Å². The molecule has 100 valence electrons. The van der Waals surface area contributed by atoms with Gasteiger partial charge in [-0.25, -0.2) is 0 Å². The molecule has 1 fully saturated rings. The van der Waals surface area contributed by atoms with Gasteiger partial charge in [-0.2, -0.15) is 0 Å². The van der Waals surface area contributed by atoms with Crippen molar-refractivity contribution < 1.29 is 0 Å². The fraction of sp³-hybridized carbons (Fsp3) is 0.643. The standard InChI is InChI=1S/C14H24N4/c1-3-18-8-7-17(10-12(18)2)11-13-5-4-6-16-14(13)9-15/h4-6,12H,3,7-11,15H2,1-2H3. The molecule has 0 aromatic carbocycles. The van der Waals surface area contributed by atoms with Crippen molar-refractivity contribution in [3.8, 4) is 0 Å². The molecule has 1 aromatic heterocycles. The largest absolute Gasteiger partial charge is 0.325 e. The molecule has 1 aliphatic rings. The highest BCUT2D eigenvalue weighted by atomic mass is 15.3. The predicted octanol–water partition coefficient (Wildman–Crippen LogP) is 1.07. The first-order valence-electron chi connectivity index (χ1n) is 6.83. The van der Waals surface area contributed by atoms with Gasteiger partial charge in [-0.05, 0) is 25.1 Å². The molecule has 1 atom stereocenters. The van der Waals surface area contributed by atoms with Gasteiger partial charge in [0.15, 0.2) is 0 Å². The van der Waals surface area contributed by atoms with Crippen LogP contribution in [-0.2, 0) is 13.1 Å². The van der Waals surface area contributed by atoms with Gasteiger partial charge in [0.05, 0.1) is 5.69 Å². The number of nitrogens with zero attached hydrogens (tertiary/aromatic N) is 3. The molecule has 0 bridgehead atoms. The Kier molecular flexibility index (Phi) is 4.69. The molecular weight excluding hydrogens is 224 g/mol. The van der Waals surface area contributed by atoms with Gasteiger partial charge in [0.2, 0.25) is 0 Å². The van der Waals surface area contributed by atoms with Gasteiger partial charge < -0.3 is 5.73 Å². The highest BCUT2D eigenvalue weighted by molar-refractivity contribution is 5.19. The lowest BCUT2D eigenvalue weighted by Gasteiger charge is -2.39. The second-order valence-electron chi connectivity index (χ2n) is 5.03. The molecule has 1 aromatic rings. The van der Waals surface area contributed by atoms with E-state index in [2.05, 4.69) is 34.7 Å². The third-order valence-corrected chi connectivity index (χ3v) is 3.83. The molecule has 18 heavy (non-hydrogen) atoms. The van der Waals surface area contributed by atoms with Crippen molar-refractivity contribution in [3.05, 3.63) is 29.6 Å². The first-order valence-corrected chi connectivity index (χ1v) is 6.83. The summed E-state index contributed by atoms with van der Waals surface area (Å²) in [5.74, 6) is 0. The Morgan fingerprint density at radius 1 is 1.44 bits per heavy atom. The average Bonchev–Trinajstić information content (AvgIpc) is 2.39. The zero-order valence-electron chi connectivity index (χ0n) is 11.5. The molecule has 0 saturated carbocycles. The maximum Gasteiger partial charge on any atom is 0.0584 e. The van der Waals surface area contributed by atoms with Crippen LogP contribution >= 0.6 is 0 Å². The molecule has 0 spiro atoms. The lowest BCUT2D eigenvalue weighted by Crippen LogP contribution is -2.51. The van der Waals surface area contributed by atoms with Crippen LogP contribution in [-0.4, -0.2) is 47.0 Å². The number of likely N-dealkylation sites (N-methyl/N-ethyl adjacent to an activating group) is 1. The molecular formula is C14H24N4. The first kappa shape index (κ1) is 13.5. The van der Waals surface area contributed by atoms with Crippen LogP contribution < -0.4 is 5.73 Å². The maximum atomic E-state index is 5.74. The zero-order valence-corrected chi connectivity index (χ0v) is 11.5. The summed E-state index contributed by atoms with van der Waals surface area (Å²) in [4.78, 5) is 9.39. The van der Waals surface area contributed by atoms with E-state index in [4.69, 9.17) is 5.73 Å². The number of rotatable bonds is 4. The van der Waals surface area contributed by atoms with Crippen molar-refractivity contribution in [2.75, 3.05) is 26.2 Å². The first-order chi connectivity index (χ1) is 8.74. The monoisotopic (exact) mass is 248 g/mol. The normalized spacial score (nSPS) is 22.3. The molecule has 0 radical (unpaired) electrons. The fourth-order valence-electron chi connectivity index (χ4n) is 2.72. The smallest absolute Gasteiger partial charge is 0.0584 e. The third kappa shape index (κ3) is 3.07. The minimum absolute atomic E-state index is 0.528. The van der Waals surface area contributed by atoms with Gasteiger partial charge in [0, 0.05) is 45.0 Å². The number of aromatic nitrogens is 1. The number of hydrogen-bond acceptors (Lipinski definition) is 4. The summed E-state index contributed by atoms with van der Waals surface area (Å²) in [5.41, 5.74) is 8.04. The van der Waals surface area contributed by atoms with Crippen molar-refractivity contribution in [2.45, 2.75) is 33.0 Å². The molecule has 2 heterocycles. The van der Waals surface area contributed by atoms with Gasteiger partial charge in [-0.1, -0.05) is 13.0 Å². The molecule has 2 rings (SSSR count). The van der Waals surface area contributed by atoms with E-state index in [0.717, 1.165) is 38.4 Å². The Morgan fingerprint density at radius 3 is 2.94 bits per heavy atom. The van der Waals surface area contributed by atoms with E-state index in [9.17, 15) is 0 Å². The minimum atomic E-state index is 0.528. The molecule has 2 N–H and O–H groups in total. The van der Waals surface area contributed by atoms with Crippen LogP contribution in [0.4, 0.5) is 0 Å². The summed E-state index contributed by atoms with van der Waals surface area (Å²) in [5, 5.41) is 0. The predicted molar refractivity (Wildman–Crippen MR) is 74.1 cm³/mol. The van der Waals surface area contributed by atoms with Crippen molar-refractivity contribution >= 4 is 0 Å². The molecule has 4 heteroatoms.